The van der Waals surface area contributed by atoms with Gasteiger partial charge in [0.15, 0.2) is 6.29 Å². The first-order valence-electron chi connectivity index (χ1n) is 5.66. The topological polar surface area (TPSA) is 55.8 Å². The Balaban J connectivity index is 5.05. The summed E-state index contributed by atoms with van der Waals surface area (Å²) in [6, 6.07) is 0. The average molecular weight is 230 g/mol. The zero-order chi connectivity index (χ0) is 12.6. The summed E-state index contributed by atoms with van der Waals surface area (Å²) in [6.45, 7) is 9.92. The van der Waals surface area contributed by atoms with Gasteiger partial charge in [0.05, 0.1) is 0 Å². The molecule has 1 unspecified atom stereocenters. The second-order valence-electron chi connectivity index (χ2n) is 3.55. The van der Waals surface area contributed by atoms with Crippen LogP contribution in [0.2, 0.25) is 0 Å². The van der Waals surface area contributed by atoms with Gasteiger partial charge in [-0.05, 0) is 26.7 Å². The highest BCUT2D eigenvalue weighted by atomic mass is 16.7. The van der Waals surface area contributed by atoms with Crippen LogP contribution in [0.15, 0.2) is 12.7 Å². The van der Waals surface area contributed by atoms with Crippen molar-refractivity contribution < 1.29 is 19.4 Å². The predicted molar refractivity (Wildman–Crippen MR) is 62.2 cm³/mol. The molecule has 0 amide bonds. The first-order valence-corrected chi connectivity index (χ1v) is 5.66. The van der Waals surface area contributed by atoms with E-state index in [1.807, 2.05) is 20.8 Å². The van der Waals surface area contributed by atoms with Crippen molar-refractivity contribution in [2.24, 2.45) is 5.41 Å². The zero-order valence-corrected chi connectivity index (χ0v) is 10.4. The maximum absolute atomic E-state index is 11.4. The Hall–Kier alpha value is -0.870. The van der Waals surface area contributed by atoms with Crippen LogP contribution in [0.25, 0.3) is 0 Å². The predicted octanol–water partition coefficient (Wildman–Crippen LogP) is 2.44. The minimum Gasteiger partial charge on any atom is -0.481 e. The number of aliphatic carboxylic acids is 1. The van der Waals surface area contributed by atoms with Gasteiger partial charge in [-0.15, -0.1) is 6.58 Å². The molecule has 0 aliphatic heterocycles. The number of carboxylic acids is 1. The fourth-order valence-electron chi connectivity index (χ4n) is 1.67. The van der Waals surface area contributed by atoms with E-state index in [2.05, 4.69) is 6.58 Å². The van der Waals surface area contributed by atoms with Gasteiger partial charge in [0.25, 0.3) is 0 Å². The van der Waals surface area contributed by atoms with Crippen molar-refractivity contribution >= 4 is 5.97 Å². The summed E-state index contributed by atoms with van der Waals surface area (Å²) in [5, 5.41) is 9.37. The quantitative estimate of drug-likeness (QED) is 0.488. The van der Waals surface area contributed by atoms with Crippen LogP contribution in [0.5, 0.6) is 0 Å². The second kappa shape index (κ2) is 7.41. The summed E-state index contributed by atoms with van der Waals surface area (Å²) in [7, 11) is 0. The van der Waals surface area contributed by atoms with Crippen molar-refractivity contribution in [2.75, 3.05) is 13.2 Å². The maximum Gasteiger partial charge on any atom is 0.315 e. The van der Waals surface area contributed by atoms with E-state index in [1.165, 1.54) is 0 Å². The summed E-state index contributed by atoms with van der Waals surface area (Å²) in [5.74, 6) is -0.901. The molecule has 0 aliphatic rings. The van der Waals surface area contributed by atoms with E-state index in [9.17, 15) is 9.90 Å². The summed E-state index contributed by atoms with van der Waals surface area (Å²) in [5.41, 5.74) is -1.03. The molecule has 0 aromatic carbocycles. The number of carbonyl (C=O) groups is 1. The van der Waals surface area contributed by atoms with Crippen molar-refractivity contribution in [1.82, 2.24) is 0 Å². The number of hydrogen-bond acceptors (Lipinski definition) is 3. The number of ether oxygens (including phenoxy) is 2. The molecule has 0 bridgehead atoms. The Kier molecular flexibility index (Phi) is 7.01. The van der Waals surface area contributed by atoms with Crippen molar-refractivity contribution in [3.63, 3.8) is 0 Å². The standard InChI is InChI=1S/C12H22O4/c1-5-9-12(6-2,10(13)14)11(15-7-3)16-8-4/h5,11H,1,6-9H2,2-4H3,(H,13,14). The van der Waals surface area contributed by atoms with E-state index in [0.717, 1.165) is 0 Å². The van der Waals surface area contributed by atoms with Crippen LogP contribution >= 0.6 is 0 Å². The fraction of sp³-hybridized carbons (Fsp3) is 0.750. The van der Waals surface area contributed by atoms with Gasteiger partial charge in [-0.1, -0.05) is 13.0 Å². The molecule has 94 valence electrons. The van der Waals surface area contributed by atoms with E-state index >= 15 is 0 Å². The molecule has 0 spiro atoms. The Morgan fingerprint density at radius 3 is 2.12 bits per heavy atom. The van der Waals surface area contributed by atoms with Crippen LogP contribution in [-0.4, -0.2) is 30.6 Å². The van der Waals surface area contributed by atoms with Gasteiger partial charge in [-0.2, -0.15) is 0 Å². The van der Waals surface area contributed by atoms with Crippen molar-refractivity contribution in [3.05, 3.63) is 12.7 Å². The number of hydrogen-bond donors (Lipinski definition) is 1. The summed E-state index contributed by atoms with van der Waals surface area (Å²) < 4.78 is 10.8. The van der Waals surface area contributed by atoms with Crippen LogP contribution < -0.4 is 0 Å². The molecule has 0 radical (unpaired) electrons. The molecule has 1 N–H and O–H groups in total. The second-order valence-corrected chi connectivity index (χ2v) is 3.55. The number of allylic oxidation sites excluding steroid dienone is 1. The molecular weight excluding hydrogens is 208 g/mol. The Morgan fingerprint density at radius 1 is 1.38 bits per heavy atom. The van der Waals surface area contributed by atoms with Crippen LogP contribution in [0.3, 0.4) is 0 Å². The van der Waals surface area contributed by atoms with E-state index in [4.69, 9.17) is 9.47 Å². The van der Waals surface area contributed by atoms with E-state index in [1.54, 1.807) is 6.08 Å². The highest BCUT2D eigenvalue weighted by molar-refractivity contribution is 5.75. The third kappa shape index (κ3) is 3.32. The monoisotopic (exact) mass is 230 g/mol. The minimum absolute atomic E-state index is 0.337. The van der Waals surface area contributed by atoms with Crippen LogP contribution in [0.4, 0.5) is 0 Å². The van der Waals surface area contributed by atoms with Crippen molar-refractivity contribution in [1.29, 1.82) is 0 Å². The minimum atomic E-state index is -1.03. The van der Waals surface area contributed by atoms with Gasteiger partial charge in [0.2, 0.25) is 0 Å². The Labute approximate surface area is 97.2 Å². The smallest absolute Gasteiger partial charge is 0.315 e. The molecule has 0 aromatic heterocycles. The average Bonchev–Trinajstić information content (AvgIpc) is 2.25. The lowest BCUT2D eigenvalue weighted by Crippen LogP contribution is -2.45. The molecule has 0 saturated heterocycles. The van der Waals surface area contributed by atoms with Crippen LogP contribution in [0.1, 0.15) is 33.6 Å². The zero-order valence-electron chi connectivity index (χ0n) is 10.4. The van der Waals surface area contributed by atoms with Crippen LogP contribution in [0, 0.1) is 5.41 Å². The lowest BCUT2D eigenvalue weighted by molar-refractivity contribution is -0.215. The third-order valence-electron chi connectivity index (χ3n) is 2.65. The molecule has 0 aliphatic carbocycles. The van der Waals surface area contributed by atoms with Gasteiger partial charge in [-0.3, -0.25) is 4.79 Å². The first-order chi connectivity index (χ1) is 7.58. The van der Waals surface area contributed by atoms with Gasteiger partial charge in [0.1, 0.15) is 5.41 Å². The molecule has 1 atom stereocenters. The van der Waals surface area contributed by atoms with E-state index in [0.29, 0.717) is 26.1 Å². The lowest BCUT2D eigenvalue weighted by Gasteiger charge is -2.34. The largest absolute Gasteiger partial charge is 0.481 e. The summed E-state index contributed by atoms with van der Waals surface area (Å²) >= 11 is 0. The molecular formula is C12H22O4. The summed E-state index contributed by atoms with van der Waals surface area (Å²) in [6.07, 6.45) is 1.66. The van der Waals surface area contributed by atoms with E-state index in [-0.39, 0.29) is 0 Å². The number of carboxylic acid groups (broad SMARTS) is 1. The van der Waals surface area contributed by atoms with Crippen molar-refractivity contribution in [2.45, 2.75) is 39.9 Å². The third-order valence-corrected chi connectivity index (χ3v) is 2.65. The molecule has 4 heteroatoms. The number of rotatable bonds is 9. The van der Waals surface area contributed by atoms with Gasteiger partial charge in [0, 0.05) is 13.2 Å². The lowest BCUT2D eigenvalue weighted by atomic mass is 9.81. The highest BCUT2D eigenvalue weighted by Crippen LogP contribution is 2.34. The van der Waals surface area contributed by atoms with Gasteiger partial charge >= 0.3 is 5.97 Å². The molecule has 0 saturated carbocycles. The Morgan fingerprint density at radius 2 is 1.88 bits per heavy atom. The van der Waals surface area contributed by atoms with Crippen molar-refractivity contribution in [3.8, 4) is 0 Å². The van der Waals surface area contributed by atoms with Gasteiger partial charge in [-0.25, -0.2) is 0 Å². The fourth-order valence-corrected chi connectivity index (χ4v) is 1.67. The molecule has 0 fully saturated rings. The molecule has 4 nitrogen and oxygen atoms in total. The van der Waals surface area contributed by atoms with Crippen LogP contribution in [-0.2, 0) is 14.3 Å². The van der Waals surface area contributed by atoms with E-state index < -0.39 is 17.7 Å². The highest BCUT2D eigenvalue weighted by Gasteiger charge is 2.45. The molecule has 0 heterocycles. The molecule has 16 heavy (non-hydrogen) atoms. The summed E-state index contributed by atoms with van der Waals surface area (Å²) in [4.78, 5) is 11.4. The molecule has 0 aromatic rings. The maximum atomic E-state index is 11.4. The Bertz CT molecular complexity index is 221. The first kappa shape index (κ1) is 15.1. The molecule has 0 rings (SSSR count). The normalized spacial score (nSPS) is 14.8. The SMILES string of the molecule is C=CCC(CC)(C(=O)O)C(OCC)OCC. The van der Waals surface area contributed by atoms with Gasteiger partial charge < -0.3 is 14.6 Å².